The monoisotopic (exact) mass is 464 g/mol. The maximum Gasteiger partial charge on any atom is 0.290 e. The van der Waals surface area contributed by atoms with E-state index < -0.39 is 6.04 Å². The standard InChI is InChI=1S/C28H33FN2O3/c1-3-5-16-30(17-6-4-2)18-9-19-31-25(20-12-14-21(29)15-13-20)24-26(32)22-10-7-8-11-23(22)34-27(24)28(31)33/h7-8,10-15,25H,3-6,9,16-19H2,1-2H3. The van der Waals surface area contributed by atoms with Crippen LogP contribution in [0.5, 0.6) is 0 Å². The molecule has 1 aliphatic heterocycles. The van der Waals surface area contributed by atoms with Crippen molar-refractivity contribution in [2.45, 2.75) is 52.0 Å². The second-order valence-corrected chi connectivity index (χ2v) is 9.03. The maximum atomic E-state index is 13.7. The Morgan fingerprint density at radius 1 is 0.912 bits per heavy atom. The molecule has 1 amide bonds. The first kappa shape index (κ1) is 24.1. The fourth-order valence-electron chi connectivity index (χ4n) is 4.75. The Hall–Kier alpha value is -2.99. The van der Waals surface area contributed by atoms with Crippen molar-refractivity contribution >= 4 is 16.9 Å². The van der Waals surface area contributed by atoms with Crippen LogP contribution in [-0.4, -0.2) is 41.9 Å². The van der Waals surface area contributed by atoms with E-state index in [-0.39, 0.29) is 22.9 Å². The van der Waals surface area contributed by atoms with Crippen molar-refractivity contribution in [1.29, 1.82) is 0 Å². The fraction of sp³-hybridized carbons (Fsp3) is 0.429. The van der Waals surface area contributed by atoms with Crippen LogP contribution in [0.3, 0.4) is 0 Å². The van der Waals surface area contributed by atoms with Gasteiger partial charge in [-0.05, 0) is 68.7 Å². The topological polar surface area (TPSA) is 53.8 Å². The maximum absolute atomic E-state index is 13.7. The smallest absolute Gasteiger partial charge is 0.290 e. The third kappa shape index (κ3) is 4.92. The molecule has 34 heavy (non-hydrogen) atoms. The van der Waals surface area contributed by atoms with Crippen LogP contribution in [-0.2, 0) is 0 Å². The summed E-state index contributed by atoms with van der Waals surface area (Å²) in [6.07, 6.45) is 5.40. The summed E-state index contributed by atoms with van der Waals surface area (Å²) in [5.74, 6) is -0.527. The molecule has 6 heteroatoms. The lowest BCUT2D eigenvalue weighted by Crippen LogP contribution is -2.34. The minimum absolute atomic E-state index is 0.104. The highest BCUT2D eigenvalue weighted by Gasteiger charge is 2.42. The van der Waals surface area contributed by atoms with E-state index in [1.54, 1.807) is 41.3 Å². The molecule has 180 valence electrons. The van der Waals surface area contributed by atoms with Crippen molar-refractivity contribution in [2.75, 3.05) is 26.2 Å². The number of nitrogens with zero attached hydrogens (tertiary/aromatic N) is 2. The lowest BCUT2D eigenvalue weighted by Gasteiger charge is -2.27. The van der Waals surface area contributed by atoms with Crippen LogP contribution in [0.2, 0.25) is 0 Å². The Morgan fingerprint density at radius 2 is 1.56 bits per heavy atom. The number of hydrogen-bond acceptors (Lipinski definition) is 4. The molecule has 2 heterocycles. The van der Waals surface area contributed by atoms with Crippen LogP contribution in [0.25, 0.3) is 11.0 Å². The first-order valence-electron chi connectivity index (χ1n) is 12.4. The van der Waals surface area contributed by atoms with Gasteiger partial charge in [0, 0.05) is 6.54 Å². The number of benzene rings is 2. The first-order valence-corrected chi connectivity index (χ1v) is 12.4. The van der Waals surface area contributed by atoms with Crippen LogP contribution in [0, 0.1) is 5.82 Å². The largest absolute Gasteiger partial charge is 0.450 e. The first-order chi connectivity index (χ1) is 16.5. The predicted octanol–water partition coefficient (Wildman–Crippen LogP) is 5.77. The molecule has 0 aliphatic carbocycles. The Morgan fingerprint density at radius 3 is 2.24 bits per heavy atom. The Labute approximate surface area is 200 Å². The number of carbonyl (C=O) groups is 1. The van der Waals surface area contributed by atoms with Crippen molar-refractivity contribution in [1.82, 2.24) is 9.80 Å². The molecule has 1 atom stereocenters. The van der Waals surface area contributed by atoms with Gasteiger partial charge in [-0.15, -0.1) is 0 Å². The minimum Gasteiger partial charge on any atom is -0.450 e. The second-order valence-electron chi connectivity index (χ2n) is 9.03. The summed E-state index contributed by atoms with van der Waals surface area (Å²) >= 11 is 0. The van der Waals surface area contributed by atoms with Crippen molar-refractivity contribution in [3.63, 3.8) is 0 Å². The summed E-state index contributed by atoms with van der Waals surface area (Å²) in [6, 6.07) is 12.5. The molecule has 1 aromatic heterocycles. The van der Waals surface area contributed by atoms with Gasteiger partial charge in [0.25, 0.3) is 5.91 Å². The van der Waals surface area contributed by atoms with E-state index in [0.29, 0.717) is 28.6 Å². The lowest BCUT2D eigenvalue weighted by molar-refractivity contribution is 0.0719. The summed E-state index contributed by atoms with van der Waals surface area (Å²) < 4.78 is 19.6. The van der Waals surface area contributed by atoms with Gasteiger partial charge in [0.1, 0.15) is 11.4 Å². The molecule has 4 rings (SSSR count). The third-order valence-corrected chi connectivity index (χ3v) is 6.59. The van der Waals surface area contributed by atoms with Gasteiger partial charge in [0.15, 0.2) is 5.43 Å². The Balaban J connectivity index is 1.64. The van der Waals surface area contributed by atoms with E-state index >= 15 is 0 Å². The van der Waals surface area contributed by atoms with Gasteiger partial charge in [0.2, 0.25) is 5.76 Å². The minimum atomic E-state index is -0.580. The molecule has 0 spiro atoms. The van der Waals surface area contributed by atoms with Crippen molar-refractivity contribution in [3.05, 3.63) is 81.5 Å². The molecule has 0 radical (unpaired) electrons. The van der Waals surface area contributed by atoms with Crippen molar-refractivity contribution in [2.24, 2.45) is 0 Å². The van der Waals surface area contributed by atoms with E-state index in [9.17, 15) is 14.0 Å². The normalized spacial score (nSPS) is 15.5. The molecule has 5 nitrogen and oxygen atoms in total. The molecule has 2 aromatic carbocycles. The highest BCUT2D eigenvalue weighted by Crippen LogP contribution is 2.38. The number of para-hydroxylation sites is 1. The zero-order valence-corrected chi connectivity index (χ0v) is 20.1. The highest BCUT2D eigenvalue weighted by molar-refractivity contribution is 5.99. The third-order valence-electron chi connectivity index (χ3n) is 6.59. The summed E-state index contributed by atoms with van der Waals surface area (Å²) in [7, 11) is 0. The quantitative estimate of drug-likeness (QED) is 0.362. The highest BCUT2D eigenvalue weighted by atomic mass is 19.1. The van der Waals surface area contributed by atoms with E-state index in [1.807, 2.05) is 0 Å². The molecule has 0 bridgehead atoms. The lowest BCUT2D eigenvalue weighted by atomic mass is 9.98. The zero-order chi connectivity index (χ0) is 24.1. The summed E-state index contributed by atoms with van der Waals surface area (Å²) in [6.45, 7) is 7.88. The summed E-state index contributed by atoms with van der Waals surface area (Å²) in [4.78, 5) is 31.1. The van der Waals surface area contributed by atoms with Gasteiger partial charge >= 0.3 is 0 Å². The number of amides is 1. The number of unbranched alkanes of at least 4 members (excludes halogenated alkanes) is 2. The van der Waals surface area contributed by atoms with E-state index in [0.717, 1.165) is 51.7 Å². The molecule has 1 unspecified atom stereocenters. The van der Waals surface area contributed by atoms with Crippen LogP contribution in [0.15, 0.2) is 57.7 Å². The summed E-state index contributed by atoms with van der Waals surface area (Å²) in [5.41, 5.74) is 1.27. The van der Waals surface area contributed by atoms with Crippen LogP contribution >= 0.6 is 0 Å². The molecular weight excluding hydrogens is 431 g/mol. The van der Waals surface area contributed by atoms with E-state index in [4.69, 9.17) is 4.42 Å². The number of carbonyl (C=O) groups excluding carboxylic acids is 1. The molecule has 0 fully saturated rings. The second kappa shape index (κ2) is 11.0. The number of fused-ring (bicyclic) bond motifs is 2. The molecule has 0 saturated heterocycles. The average molecular weight is 465 g/mol. The molecule has 0 saturated carbocycles. The van der Waals surface area contributed by atoms with Crippen LogP contribution in [0.4, 0.5) is 4.39 Å². The van der Waals surface area contributed by atoms with Gasteiger partial charge in [-0.25, -0.2) is 4.39 Å². The summed E-state index contributed by atoms with van der Waals surface area (Å²) in [5, 5.41) is 0.452. The number of hydrogen-bond donors (Lipinski definition) is 0. The van der Waals surface area contributed by atoms with Gasteiger partial charge in [-0.3, -0.25) is 9.59 Å². The number of halogens is 1. The van der Waals surface area contributed by atoms with Gasteiger partial charge in [-0.1, -0.05) is 51.0 Å². The van der Waals surface area contributed by atoms with Crippen molar-refractivity contribution in [3.8, 4) is 0 Å². The zero-order valence-electron chi connectivity index (χ0n) is 20.1. The molecular formula is C28H33FN2O3. The Bertz CT molecular complexity index is 1180. The Kier molecular flexibility index (Phi) is 7.78. The fourth-order valence-corrected chi connectivity index (χ4v) is 4.75. The predicted molar refractivity (Wildman–Crippen MR) is 133 cm³/mol. The average Bonchev–Trinajstić information content (AvgIpc) is 3.13. The molecule has 0 N–H and O–H groups in total. The van der Waals surface area contributed by atoms with Crippen LogP contribution < -0.4 is 5.43 Å². The van der Waals surface area contributed by atoms with E-state index in [1.165, 1.54) is 12.1 Å². The number of rotatable bonds is 11. The van der Waals surface area contributed by atoms with Gasteiger partial charge < -0.3 is 14.2 Å². The van der Waals surface area contributed by atoms with Crippen molar-refractivity contribution < 1.29 is 13.6 Å². The molecule has 3 aromatic rings. The van der Waals surface area contributed by atoms with Gasteiger partial charge in [0.05, 0.1) is 17.0 Å². The SMILES string of the molecule is CCCCN(CCCC)CCCN1C(=O)c2oc3ccccc3c(=O)c2C1c1ccc(F)cc1. The van der Waals surface area contributed by atoms with Gasteiger partial charge in [-0.2, -0.15) is 0 Å². The van der Waals surface area contributed by atoms with Crippen LogP contribution in [0.1, 0.15) is 73.7 Å². The van der Waals surface area contributed by atoms with E-state index in [2.05, 4.69) is 18.7 Å². The molecule has 1 aliphatic rings.